The highest BCUT2D eigenvalue weighted by Crippen LogP contribution is 2.31. The maximum atomic E-state index is 11.1. The number of hydrogen-bond donors (Lipinski definition) is 4. The van der Waals surface area contributed by atoms with Crippen LogP contribution in [0, 0.1) is 0 Å². The molecule has 0 radical (unpaired) electrons. The highest BCUT2D eigenvalue weighted by Gasteiger charge is 2.54. The average molecular weight is 514 g/mol. The highest BCUT2D eigenvalue weighted by atomic mass is 32.3. The van der Waals surface area contributed by atoms with Crippen LogP contribution in [0.15, 0.2) is 0 Å². The molecule has 0 amide bonds. The molecule has 1 saturated heterocycles. The van der Waals surface area contributed by atoms with Crippen LogP contribution in [0.25, 0.3) is 0 Å². The maximum absolute atomic E-state index is 11.1. The van der Waals surface area contributed by atoms with Gasteiger partial charge < -0.3 is 9.47 Å². The predicted molar refractivity (Wildman–Crippen MR) is 82.4 cm³/mol. The molecule has 1 rings (SSSR count). The molecular weight excluding hydrogens is 500 g/mol. The van der Waals surface area contributed by atoms with E-state index in [1.54, 1.807) is 0 Å². The molecule has 0 aromatic rings. The van der Waals surface area contributed by atoms with E-state index in [4.69, 9.17) is 22.9 Å². The first-order valence-corrected chi connectivity index (χ1v) is 12.0. The summed E-state index contributed by atoms with van der Waals surface area (Å²) in [7, 11) is -20.8. The van der Waals surface area contributed by atoms with Gasteiger partial charge in [0, 0.05) is 7.11 Å². The molecule has 1 aliphatic heterocycles. The molecule has 18 nitrogen and oxygen atoms in total. The molecular formula is C7H14O18S4. The van der Waals surface area contributed by atoms with E-state index >= 15 is 0 Å². The molecule has 0 unspecified atom stereocenters. The zero-order valence-corrected chi connectivity index (χ0v) is 17.0. The van der Waals surface area contributed by atoms with Gasteiger partial charge in [0.15, 0.2) is 12.4 Å². The molecule has 0 bridgehead atoms. The molecule has 0 aromatic carbocycles. The summed E-state index contributed by atoms with van der Waals surface area (Å²) in [4.78, 5) is 0. The van der Waals surface area contributed by atoms with Gasteiger partial charge in [-0.2, -0.15) is 33.7 Å². The summed E-state index contributed by atoms with van der Waals surface area (Å²) in [5.74, 6) is 0. The van der Waals surface area contributed by atoms with Gasteiger partial charge in [0.25, 0.3) is 0 Å². The Kier molecular flexibility index (Phi) is 8.45. The van der Waals surface area contributed by atoms with Gasteiger partial charge in [0.05, 0.1) is 6.61 Å². The van der Waals surface area contributed by atoms with E-state index in [9.17, 15) is 33.7 Å². The van der Waals surface area contributed by atoms with Gasteiger partial charge in [-0.1, -0.05) is 0 Å². The lowest BCUT2D eigenvalue weighted by atomic mass is 9.99. The molecule has 5 atom stereocenters. The van der Waals surface area contributed by atoms with Crippen LogP contribution >= 0.6 is 0 Å². The van der Waals surface area contributed by atoms with Crippen molar-refractivity contribution in [2.45, 2.75) is 30.7 Å². The molecule has 1 aliphatic rings. The van der Waals surface area contributed by atoms with Gasteiger partial charge >= 0.3 is 41.6 Å². The minimum absolute atomic E-state index is 0.806. The Morgan fingerprint density at radius 2 is 1.10 bits per heavy atom. The van der Waals surface area contributed by atoms with Crippen molar-refractivity contribution in [1.29, 1.82) is 0 Å². The summed E-state index contributed by atoms with van der Waals surface area (Å²) < 4.78 is 149. The fourth-order valence-electron chi connectivity index (χ4n) is 2.10. The van der Waals surface area contributed by atoms with E-state index in [1.807, 2.05) is 0 Å². The van der Waals surface area contributed by atoms with Crippen LogP contribution in [0.1, 0.15) is 0 Å². The van der Waals surface area contributed by atoms with Crippen LogP contribution in [0.2, 0.25) is 0 Å². The smallest absolute Gasteiger partial charge is 0.353 e. The minimum Gasteiger partial charge on any atom is -0.353 e. The third-order valence-electron chi connectivity index (χ3n) is 2.90. The monoisotopic (exact) mass is 514 g/mol. The molecule has 0 aromatic heterocycles. The summed E-state index contributed by atoms with van der Waals surface area (Å²) in [6.07, 6.45) is -11.6. The van der Waals surface area contributed by atoms with Gasteiger partial charge in [-0.15, -0.1) is 0 Å². The van der Waals surface area contributed by atoms with Crippen LogP contribution in [-0.2, 0) is 67.8 Å². The van der Waals surface area contributed by atoms with E-state index in [1.165, 1.54) is 0 Å². The molecule has 0 aliphatic carbocycles. The quantitative estimate of drug-likeness (QED) is 0.208. The molecule has 1 heterocycles. The Bertz CT molecular complexity index is 977. The fraction of sp³-hybridized carbons (Fsp3) is 1.00. The van der Waals surface area contributed by atoms with Gasteiger partial charge in [-0.05, 0) is 0 Å². The molecule has 0 saturated carbocycles. The minimum atomic E-state index is -5.53. The number of ether oxygens (including phenoxy) is 2. The SMILES string of the molecule is CO[C@@H]1O[C@H](COS(=O)(=O)O)[C@@H](OS(=O)(=O)O)[C@H](OS(=O)(=O)O)[C@H]1OS(=O)(=O)O. The van der Waals surface area contributed by atoms with Gasteiger partial charge in [0.2, 0.25) is 0 Å². The van der Waals surface area contributed by atoms with Crippen LogP contribution < -0.4 is 0 Å². The summed E-state index contributed by atoms with van der Waals surface area (Å²) in [5.41, 5.74) is 0. The van der Waals surface area contributed by atoms with Crippen LogP contribution in [0.3, 0.4) is 0 Å². The van der Waals surface area contributed by atoms with Crippen LogP contribution in [-0.4, -0.2) is 96.3 Å². The Balaban J connectivity index is 3.49. The zero-order chi connectivity index (χ0) is 22.8. The highest BCUT2D eigenvalue weighted by molar-refractivity contribution is 7.81. The van der Waals surface area contributed by atoms with E-state index in [0.717, 1.165) is 7.11 Å². The lowest BCUT2D eigenvalue weighted by molar-refractivity contribution is -0.279. The average Bonchev–Trinajstić information content (AvgIpc) is 2.44. The van der Waals surface area contributed by atoms with Crippen molar-refractivity contribution in [3.8, 4) is 0 Å². The third kappa shape index (κ3) is 9.83. The van der Waals surface area contributed by atoms with E-state index in [2.05, 4.69) is 21.5 Å². The first-order valence-electron chi connectivity index (χ1n) is 6.58. The normalized spacial score (nSPS) is 29.6. The first-order chi connectivity index (χ1) is 12.8. The van der Waals surface area contributed by atoms with Crippen molar-refractivity contribution >= 4 is 41.6 Å². The van der Waals surface area contributed by atoms with Crippen molar-refractivity contribution in [3.63, 3.8) is 0 Å². The molecule has 22 heteroatoms. The van der Waals surface area contributed by atoms with E-state index in [0.29, 0.717) is 0 Å². The second-order valence-electron chi connectivity index (χ2n) is 4.96. The molecule has 29 heavy (non-hydrogen) atoms. The third-order valence-corrected chi connectivity index (χ3v) is 4.73. The maximum Gasteiger partial charge on any atom is 0.397 e. The van der Waals surface area contributed by atoms with Gasteiger partial charge in [-0.25, -0.2) is 16.7 Å². The van der Waals surface area contributed by atoms with Crippen molar-refractivity contribution < 1.29 is 78.1 Å². The van der Waals surface area contributed by atoms with Crippen molar-refractivity contribution in [2.24, 2.45) is 0 Å². The fourth-order valence-corrected chi connectivity index (χ4v) is 3.91. The number of hydrogen-bond acceptors (Lipinski definition) is 14. The first kappa shape index (κ1) is 26.4. The number of rotatable bonds is 10. The Morgan fingerprint density at radius 3 is 1.48 bits per heavy atom. The topological polar surface area (TPSA) is 273 Å². The van der Waals surface area contributed by atoms with Crippen molar-refractivity contribution in [2.75, 3.05) is 13.7 Å². The summed E-state index contributed by atoms with van der Waals surface area (Å²) >= 11 is 0. The second kappa shape index (κ2) is 9.27. The summed E-state index contributed by atoms with van der Waals surface area (Å²) in [6.45, 7) is -1.33. The lowest BCUT2D eigenvalue weighted by Gasteiger charge is -2.42. The second-order valence-corrected chi connectivity index (χ2v) is 9.19. The Hall–Kier alpha value is -0.600. The van der Waals surface area contributed by atoms with Crippen LogP contribution in [0.4, 0.5) is 0 Å². The Labute approximate surface area is 164 Å². The van der Waals surface area contributed by atoms with Gasteiger partial charge in [0.1, 0.15) is 18.3 Å². The van der Waals surface area contributed by atoms with Crippen molar-refractivity contribution in [1.82, 2.24) is 0 Å². The van der Waals surface area contributed by atoms with Crippen LogP contribution in [0.5, 0.6) is 0 Å². The summed E-state index contributed by atoms with van der Waals surface area (Å²) in [6, 6.07) is 0. The predicted octanol–water partition coefficient (Wildman–Crippen LogP) is -3.26. The molecule has 174 valence electrons. The molecule has 0 spiro atoms. The molecule has 4 N–H and O–H groups in total. The summed E-state index contributed by atoms with van der Waals surface area (Å²) in [5, 5.41) is 0. The van der Waals surface area contributed by atoms with Crippen molar-refractivity contribution in [3.05, 3.63) is 0 Å². The lowest BCUT2D eigenvalue weighted by Crippen LogP contribution is -2.62. The van der Waals surface area contributed by atoms with E-state index in [-0.39, 0.29) is 0 Å². The molecule has 1 fully saturated rings. The Morgan fingerprint density at radius 1 is 0.690 bits per heavy atom. The standard InChI is InChI=1S/C7H14O18S4/c1-20-7-6(25-29(17,18)19)5(24-28(14,15)16)4(23-27(11,12)13)3(22-7)2-21-26(8,9)10/h3-7H,2H2,1H3,(H,8,9,10)(H,11,12,13)(H,14,15,16)(H,17,18,19)/t3-,4-,5+,6-,7-/m1/s1. The largest absolute Gasteiger partial charge is 0.397 e. The van der Waals surface area contributed by atoms with E-state index < -0.39 is 78.9 Å². The zero-order valence-electron chi connectivity index (χ0n) is 13.7. The van der Waals surface area contributed by atoms with Gasteiger partial charge in [-0.3, -0.25) is 18.2 Å². The number of methoxy groups -OCH3 is 1.